The first-order chi connectivity index (χ1) is 5.33. The number of carbonyl (C=O) groups is 1. The minimum absolute atomic E-state index is 0.0113. The van der Waals surface area contributed by atoms with E-state index in [1.54, 1.807) is 6.08 Å². The average Bonchev–Trinajstić information content (AvgIpc) is 2.37. The van der Waals surface area contributed by atoms with E-state index in [0.29, 0.717) is 19.6 Å². The molecule has 0 bridgehead atoms. The molecule has 0 aromatic rings. The van der Waals surface area contributed by atoms with Gasteiger partial charge in [-0.1, -0.05) is 6.08 Å². The SMILES string of the molecule is C=CCOCC1CCC(=O)[N]1. The van der Waals surface area contributed by atoms with E-state index in [1.807, 2.05) is 0 Å². The highest BCUT2D eigenvalue weighted by Crippen LogP contribution is 2.08. The van der Waals surface area contributed by atoms with Crippen molar-refractivity contribution in [2.75, 3.05) is 13.2 Å². The maximum atomic E-state index is 10.6. The van der Waals surface area contributed by atoms with Crippen molar-refractivity contribution in [1.29, 1.82) is 0 Å². The van der Waals surface area contributed by atoms with Gasteiger partial charge in [-0.15, -0.1) is 6.58 Å². The Balaban J connectivity index is 2.08. The third-order valence-electron chi connectivity index (χ3n) is 1.56. The maximum Gasteiger partial charge on any atom is 0.241 e. The molecule has 1 amide bonds. The number of nitrogens with zero attached hydrogens (tertiary/aromatic N) is 1. The first-order valence-corrected chi connectivity index (χ1v) is 3.75. The van der Waals surface area contributed by atoms with E-state index in [0.717, 1.165) is 6.42 Å². The van der Waals surface area contributed by atoms with Crippen molar-refractivity contribution >= 4 is 5.91 Å². The molecule has 1 radical (unpaired) electrons. The molecule has 61 valence electrons. The van der Waals surface area contributed by atoms with Crippen molar-refractivity contribution in [2.45, 2.75) is 18.9 Å². The van der Waals surface area contributed by atoms with Gasteiger partial charge in [-0.2, -0.15) is 0 Å². The molecule has 1 heterocycles. The molecule has 3 heteroatoms. The van der Waals surface area contributed by atoms with E-state index in [1.165, 1.54) is 0 Å². The predicted octanol–water partition coefficient (Wildman–Crippen LogP) is 0.482. The Morgan fingerprint density at radius 3 is 3.18 bits per heavy atom. The van der Waals surface area contributed by atoms with Gasteiger partial charge in [0, 0.05) is 6.42 Å². The van der Waals surface area contributed by atoms with Crippen LogP contribution in [0.3, 0.4) is 0 Å². The summed E-state index contributed by atoms with van der Waals surface area (Å²) in [5.41, 5.74) is 0. The second kappa shape index (κ2) is 4.13. The summed E-state index contributed by atoms with van der Waals surface area (Å²) in [6.45, 7) is 4.61. The second-order valence-corrected chi connectivity index (χ2v) is 2.54. The molecule has 1 aliphatic rings. The van der Waals surface area contributed by atoms with Gasteiger partial charge in [-0.05, 0) is 6.42 Å². The lowest BCUT2D eigenvalue weighted by molar-refractivity contribution is -0.119. The molecule has 0 N–H and O–H groups in total. The zero-order valence-corrected chi connectivity index (χ0v) is 6.45. The molecule has 0 spiro atoms. The second-order valence-electron chi connectivity index (χ2n) is 2.54. The Hall–Kier alpha value is -0.830. The zero-order chi connectivity index (χ0) is 8.10. The summed E-state index contributed by atoms with van der Waals surface area (Å²) in [5.74, 6) is 0.0113. The molecule has 0 saturated carbocycles. The van der Waals surface area contributed by atoms with Crippen LogP contribution in [0.15, 0.2) is 12.7 Å². The van der Waals surface area contributed by atoms with Crippen LogP contribution in [0, 0.1) is 0 Å². The lowest BCUT2D eigenvalue weighted by Gasteiger charge is -2.05. The van der Waals surface area contributed by atoms with Crippen molar-refractivity contribution in [2.24, 2.45) is 0 Å². The van der Waals surface area contributed by atoms with Crippen molar-refractivity contribution in [3.8, 4) is 0 Å². The van der Waals surface area contributed by atoms with Gasteiger partial charge in [0.05, 0.1) is 19.3 Å². The Morgan fingerprint density at radius 1 is 1.82 bits per heavy atom. The summed E-state index contributed by atoms with van der Waals surface area (Å²) >= 11 is 0. The third-order valence-corrected chi connectivity index (χ3v) is 1.56. The van der Waals surface area contributed by atoms with Crippen LogP contribution in [-0.2, 0) is 9.53 Å². The minimum atomic E-state index is 0.0113. The van der Waals surface area contributed by atoms with Gasteiger partial charge in [0.15, 0.2) is 0 Å². The molecule has 1 fully saturated rings. The van der Waals surface area contributed by atoms with Crippen LogP contribution in [0.4, 0.5) is 0 Å². The van der Waals surface area contributed by atoms with Crippen molar-refractivity contribution in [3.05, 3.63) is 12.7 Å². The number of ether oxygens (including phenoxy) is 1. The lowest BCUT2D eigenvalue weighted by atomic mass is 10.2. The Morgan fingerprint density at radius 2 is 2.64 bits per heavy atom. The smallest absolute Gasteiger partial charge is 0.241 e. The van der Waals surface area contributed by atoms with Crippen LogP contribution >= 0.6 is 0 Å². The number of hydrogen-bond acceptors (Lipinski definition) is 2. The third kappa shape index (κ3) is 2.72. The number of hydrogen-bond donors (Lipinski definition) is 0. The van der Waals surface area contributed by atoms with Crippen LogP contribution in [0.25, 0.3) is 0 Å². The first kappa shape index (κ1) is 8.27. The first-order valence-electron chi connectivity index (χ1n) is 3.75. The van der Waals surface area contributed by atoms with Crippen LogP contribution in [0.1, 0.15) is 12.8 Å². The molecule has 0 aromatic heterocycles. The maximum absolute atomic E-state index is 10.6. The summed E-state index contributed by atoms with van der Waals surface area (Å²) in [5, 5.41) is 3.86. The van der Waals surface area contributed by atoms with Gasteiger partial charge in [0.25, 0.3) is 0 Å². The van der Waals surface area contributed by atoms with Gasteiger partial charge in [0.1, 0.15) is 0 Å². The van der Waals surface area contributed by atoms with Crippen molar-refractivity contribution in [3.63, 3.8) is 0 Å². The summed E-state index contributed by atoms with van der Waals surface area (Å²) < 4.78 is 5.15. The molecule has 1 rings (SSSR count). The molecule has 1 aliphatic heterocycles. The zero-order valence-electron chi connectivity index (χ0n) is 6.45. The van der Waals surface area contributed by atoms with Gasteiger partial charge in [-0.3, -0.25) is 4.79 Å². The molecule has 1 unspecified atom stereocenters. The van der Waals surface area contributed by atoms with E-state index in [9.17, 15) is 4.79 Å². The summed E-state index contributed by atoms with van der Waals surface area (Å²) in [6.07, 6.45) is 3.12. The van der Waals surface area contributed by atoms with Crippen LogP contribution in [0.2, 0.25) is 0 Å². The molecule has 1 atom stereocenters. The Kier molecular flexibility index (Phi) is 3.11. The van der Waals surface area contributed by atoms with E-state index in [4.69, 9.17) is 4.74 Å². The fraction of sp³-hybridized carbons (Fsp3) is 0.625. The molecule has 11 heavy (non-hydrogen) atoms. The van der Waals surface area contributed by atoms with Gasteiger partial charge < -0.3 is 4.74 Å². The predicted molar refractivity (Wildman–Crippen MR) is 41.2 cm³/mol. The molecule has 0 aliphatic carbocycles. The number of rotatable bonds is 4. The summed E-state index contributed by atoms with van der Waals surface area (Å²) in [7, 11) is 0. The van der Waals surface area contributed by atoms with E-state index in [2.05, 4.69) is 11.9 Å². The summed E-state index contributed by atoms with van der Waals surface area (Å²) in [4.78, 5) is 10.6. The van der Waals surface area contributed by atoms with E-state index < -0.39 is 0 Å². The Labute approximate surface area is 66.4 Å². The van der Waals surface area contributed by atoms with E-state index >= 15 is 0 Å². The fourth-order valence-electron chi connectivity index (χ4n) is 1.03. The van der Waals surface area contributed by atoms with E-state index in [-0.39, 0.29) is 11.9 Å². The monoisotopic (exact) mass is 154 g/mol. The van der Waals surface area contributed by atoms with Gasteiger partial charge >= 0.3 is 0 Å². The molecular formula is C8H12NO2. The molecule has 1 saturated heterocycles. The number of carbonyl (C=O) groups excluding carboxylic acids is 1. The number of amides is 1. The molecule has 3 nitrogen and oxygen atoms in total. The standard InChI is InChI=1S/C8H12NO2/c1-2-5-11-6-7-3-4-8(10)9-7/h2,7H,1,3-6H2. The Bertz CT molecular complexity index is 156. The van der Waals surface area contributed by atoms with Crippen LogP contribution in [-0.4, -0.2) is 25.2 Å². The largest absolute Gasteiger partial charge is 0.375 e. The fourth-order valence-corrected chi connectivity index (χ4v) is 1.03. The highest BCUT2D eigenvalue weighted by Gasteiger charge is 2.22. The van der Waals surface area contributed by atoms with Crippen LogP contribution < -0.4 is 5.32 Å². The molecular weight excluding hydrogens is 142 g/mol. The van der Waals surface area contributed by atoms with Crippen molar-refractivity contribution in [1.82, 2.24) is 5.32 Å². The molecule has 0 aromatic carbocycles. The topological polar surface area (TPSA) is 40.4 Å². The minimum Gasteiger partial charge on any atom is -0.375 e. The highest BCUT2D eigenvalue weighted by atomic mass is 16.5. The van der Waals surface area contributed by atoms with Gasteiger partial charge in [-0.25, -0.2) is 5.32 Å². The van der Waals surface area contributed by atoms with Crippen molar-refractivity contribution < 1.29 is 9.53 Å². The lowest BCUT2D eigenvalue weighted by Crippen LogP contribution is -2.23. The van der Waals surface area contributed by atoms with Gasteiger partial charge in [0.2, 0.25) is 5.91 Å². The quantitative estimate of drug-likeness (QED) is 0.436. The summed E-state index contributed by atoms with van der Waals surface area (Å²) in [6, 6.07) is 0.0995. The highest BCUT2D eigenvalue weighted by molar-refractivity contribution is 5.78. The van der Waals surface area contributed by atoms with Crippen LogP contribution in [0.5, 0.6) is 0 Å². The normalized spacial score (nSPS) is 23.3. The average molecular weight is 154 g/mol.